The fraction of sp³-hybridized carbons (Fsp3) is 0.421. The van der Waals surface area contributed by atoms with Crippen LogP contribution in [0.5, 0.6) is 0 Å². The van der Waals surface area contributed by atoms with E-state index in [1.54, 1.807) is 0 Å². The zero-order valence-corrected chi connectivity index (χ0v) is 14.5. The van der Waals surface area contributed by atoms with Crippen LogP contribution in [0, 0.1) is 5.41 Å². The van der Waals surface area contributed by atoms with Gasteiger partial charge in [0.05, 0.1) is 0 Å². The number of aryl methyl sites for hydroxylation is 1. The molecule has 3 rings (SSSR count). The van der Waals surface area contributed by atoms with E-state index in [4.69, 9.17) is 0 Å². The van der Waals surface area contributed by atoms with Gasteiger partial charge in [-0.2, -0.15) is 0 Å². The number of carbonyl (C=O) groups excluding carboxylic acids is 1. The number of hydrogen-bond donors (Lipinski definition) is 2. The predicted molar refractivity (Wildman–Crippen MR) is 95.5 cm³/mol. The summed E-state index contributed by atoms with van der Waals surface area (Å²) in [7, 11) is 0. The van der Waals surface area contributed by atoms with Crippen molar-refractivity contribution in [2.45, 2.75) is 38.6 Å². The fourth-order valence-corrected chi connectivity index (χ4v) is 3.54. The third kappa shape index (κ3) is 3.43. The molecule has 0 saturated heterocycles. The van der Waals surface area contributed by atoms with Gasteiger partial charge < -0.3 is 9.88 Å². The van der Waals surface area contributed by atoms with Crippen molar-refractivity contribution < 1.29 is 4.79 Å². The smallest absolute Gasteiger partial charge is 0.328 e. The van der Waals surface area contributed by atoms with E-state index >= 15 is 0 Å². The Morgan fingerprint density at radius 1 is 1.20 bits per heavy atom. The summed E-state index contributed by atoms with van der Waals surface area (Å²) in [5.41, 5.74) is 0.434. The molecular weight excluding hydrogens is 318 g/mol. The normalized spacial score (nSPS) is 20.9. The van der Waals surface area contributed by atoms with Crippen LogP contribution in [0.2, 0.25) is 0 Å². The number of benzene rings is 1. The molecule has 0 bridgehead atoms. The number of aromatic nitrogens is 2. The summed E-state index contributed by atoms with van der Waals surface area (Å²) in [5, 5.41) is 3.01. The Labute approximate surface area is 145 Å². The Hall–Kier alpha value is -2.63. The average molecular weight is 341 g/mol. The number of aromatic amines is 1. The van der Waals surface area contributed by atoms with Crippen molar-refractivity contribution in [3.8, 4) is 0 Å². The highest BCUT2D eigenvalue weighted by Gasteiger charge is 2.61. The summed E-state index contributed by atoms with van der Waals surface area (Å²) in [5.74, 6) is -0.101. The van der Waals surface area contributed by atoms with Crippen LogP contribution in [0.4, 0.5) is 0 Å². The number of nitrogens with one attached hydrogen (secondary N) is 2. The van der Waals surface area contributed by atoms with Crippen molar-refractivity contribution in [2.75, 3.05) is 6.54 Å². The van der Waals surface area contributed by atoms with E-state index in [9.17, 15) is 14.4 Å². The SMILES string of the molecule is CC1(C)C[C@@]1(CNC(=O)CCn1ccc(=O)[nH]c1=O)c1ccccc1. The number of nitrogens with zero attached hydrogens (tertiary/aromatic N) is 1. The van der Waals surface area contributed by atoms with Gasteiger partial charge in [-0.1, -0.05) is 44.2 Å². The Morgan fingerprint density at radius 3 is 2.48 bits per heavy atom. The Morgan fingerprint density at radius 2 is 1.88 bits per heavy atom. The van der Waals surface area contributed by atoms with E-state index in [1.807, 2.05) is 18.2 Å². The topological polar surface area (TPSA) is 84.0 Å². The lowest BCUT2D eigenvalue weighted by Gasteiger charge is -2.22. The first kappa shape index (κ1) is 17.2. The van der Waals surface area contributed by atoms with Crippen LogP contribution in [-0.4, -0.2) is 22.0 Å². The van der Waals surface area contributed by atoms with Crippen molar-refractivity contribution in [2.24, 2.45) is 5.41 Å². The van der Waals surface area contributed by atoms with Crippen molar-refractivity contribution in [1.82, 2.24) is 14.9 Å². The highest BCUT2D eigenvalue weighted by atomic mass is 16.2. The van der Waals surface area contributed by atoms with Crippen LogP contribution < -0.4 is 16.6 Å². The molecule has 1 aromatic carbocycles. The molecule has 0 radical (unpaired) electrons. The second kappa shape index (κ2) is 6.35. The molecule has 2 aromatic rings. The van der Waals surface area contributed by atoms with E-state index in [0.717, 1.165) is 6.42 Å². The zero-order valence-electron chi connectivity index (χ0n) is 14.5. The fourth-order valence-electron chi connectivity index (χ4n) is 3.54. The quantitative estimate of drug-likeness (QED) is 0.833. The standard InChI is InChI=1S/C19H23N3O3/c1-18(2)12-19(18,14-6-4-3-5-7-14)13-20-15(23)8-10-22-11-9-16(24)21-17(22)25/h3-7,9,11H,8,10,12-13H2,1-2H3,(H,20,23)(H,21,24,25)/t19-/m1/s1. The van der Waals surface area contributed by atoms with Crippen molar-refractivity contribution >= 4 is 5.91 Å². The molecule has 0 spiro atoms. The van der Waals surface area contributed by atoms with Gasteiger partial charge in [0.2, 0.25) is 5.91 Å². The number of carbonyl (C=O) groups is 1. The van der Waals surface area contributed by atoms with E-state index in [0.29, 0.717) is 6.54 Å². The van der Waals surface area contributed by atoms with Crippen LogP contribution in [0.3, 0.4) is 0 Å². The molecule has 1 aromatic heterocycles. The van der Waals surface area contributed by atoms with Gasteiger partial charge in [0.15, 0.2) is 0 Å². The van der Waals surface area contributed by atoms with Gasteiger partial charge in [0, 0.05) is 37.2 Å². The molecule has 0 unspecified atom stereocenters. The molecule has 132 valence electrons. The summed E-state index contributed by atoms with van der Waals surface area (Å²) in [4.78, 5) is 37.1. The molecule has 1 saturated carbocycles. The Balaban J connectivity index is 1.60. The minimum Gasteiger partial charge on any atom is -0.355 e. The van der Waals surface area contributed by atoms with Crippen LogP contribution in [0.1, 0.15) is 32.3 Å². The predicted octanol–water partition coefficient (Wildman–Crippen LogP) is 1.41. The Bertz CT molecular complexity index is 883. The lowest BCUT2D eigenvalue weighted by molar-refractivity contribution is -0.121. The minimum absolute atomic E-state index is 0.0290. The largest absolute Gasteiger partial charge is 0.355 e. The summed E-state index contributed by atoms with van der Waals surface area (Å²) in [6.45, 7) is 5.25. The van der Waals surface area contributed by atoms with Crippen molar-refractivity contribution in [3.05, 3.63) is 69.0 Å². The molecule has 2 N–H and O–H groups in total. The van der Waals surface area contributed by atoms with Gasteiger partial charge in [0.25, 0.3) is 5.56 Å². The van der Waals surface area contributed by atoms with Crippen molar-refractivity contribution in [3.63, 3.8) is 0 Å². The first-order valence-electron chi connectivity index (χ1n) is 8.46. The zero-order chi connectivity index (χ0) is 18.1. The molecule has 1 amide bonds. The third-order valence-electron chi connectivity index (χ3n) is 5.30. The average Bonchev–Trinajstić information content (AvgIpc) is 3.15. The third-order valence-corrected chi connectivity index (χ3v) is 5.30. The van der Waals surface area contributed by atoms with E-state index < -0.39 is 11.2 Å². The van der Waals surface area contributed by atoms with Gasteiger partial charge in [-0.3, -0.25) is 14.6 Å². The Kier molecular flexibility index (Phi) is 4.37. The van der Waals surface area contributed by atoms with Gasteiger partial charge in [-0.25, -0.2) is 4.79 Å². The second-order valence-corrected chi connectivity index (χ2v) is 7.34. The van der Waals surface area contributed by atoms with Crippen LogP contribution in [0.15, 0.2) is 52.2 Å². The van der Waals surface area contributed by atoms with Gasteiger partial charge >= 0.3 is 5.69 Å². The summed E-state index contributed by atoms with van der Waals surface area (Å²) < 4.78 is 1.33. The molecule has 6 heteroatoms. The van der Waals surface area contributed by atoms with E-state index in [1.165, 1.54) is 22.4 Å². The van der Waals surface area contributed by atoms with Crippen LogP contribution in [0.25, 0.3) is 0 Å². The number of rotatable bonds is 6. The first-order chi connectivity index (χ1) is 11.8. The molecule has 1 atom stereocenters. The molecule has 1 heterocycles. The summed E-state index contributed by atoms with van der Waals surface area (Å²) in [6.07, 6.45) is 2.63. The highest BCUT2D eigenvalue weighted by Crippen LogP contribution is 2.63. The summed E-state index contributed by atoms with van der Waals surface area (Å²) in [6, 6.07) is 11.5. The molecule has 1 fully saturated rings. The lowest BCUT2D eigenvalue weighted by atomic mass is 9.88. The second-order valence-electron chi connectivity index (χ2n) is 7.34. The van der Waals surface area contributed by atoms with Gasteiger partial charge in [-0.05, 0) is 17.4 Å². The minimum atomic E-state index is -0.496. The molecule has 1 aliphatic rings. The maximum atomic E-state index is 12.2. The molecule has 0 aliphatic heterocycles. The first-order valence-corrected chi connectivity index (χ1v) is 8.46. The molecule has 6 nitrogen and oxygen atoms in total. The lowest BCUT2D eigenvalue weighted by Crippen LogP contribution is -2.36. The van der Waals surface area contributed by atoms with Crippen LogP contribution in [-0.2, 0) is 16.8 Å². The summed E-state index contributed by atoms with van der Waals surface area (Å²) >= 11 is 0. The van der Waals surface area contributed by atoms with Crippen molar-refractivity contribution in [1.29, 1.82) is 0 Å². The van der Waals surface area contributed by atoms with E-state index in [2.05, 4.69) is 36.3 Å². The van der Waals surface area contributed by atoms with E-state index in [-0.39, 0.29) is 29.7 Å². The van der Waals surface area contributed by atoms with Gasteiger partial charge in [-0.15, -0.1) is 0 Å². The molecular formula is C19H23N3O3. The van der Waals surface area contributed by atoms with Gasteiger partial charge in [0.1, 0.15) is 0 Å². The number of hydrogen-bond acceptors (Lipinski definition) is 3. The molecule has 1 aliphatic carbocycles. The number of H-pyrrole nitrogens is 1. The van der Waals surface area contributed by atoms with Crippen LogP contribution >= 0.6 is 0 Å². The highest BCUT2D eigenvalue weighted by molar-refractivity contribution is 5.76. The molecule has 25 heavy (non-hydrogen) atoms. The number of amides is 1. The maximum Gasteiger partial charge on any atom is 0.328 e. The monoisotopic (exact) mass is 341 g/mol. The maximum absolute atomic E-state index is 12.2.